The molecular weight excluding hydrogens is 533 g/mol. The monoisotopic (exact) mass is 575 g/mol. The number of aliphatic imine (C=N–C) groups is 1. The molecule has 0 saturated carbocycles. The lowest BCUT2D eigenvalue weighted by molar-refractivity contribution is -0.121. The van der Waals surface area contributed by atoms with Crippen molar-refractivity contribution in [2.45, 2.75) is 39.7 Å². The molecule has 1 fully saturated rings. The maximum Gasteiger partial charge on any atom is 0.220 e. The van der Waals surface area contributed by atoms with Crippen LogP contribution in [-0.4, -0.2) is 82.2 Å². The topological polar surface area (TPSA) is 78.4 Å². The first-order chi connectivity index (χ1) is 15.5. The number of nitrogens with one attached hydrogen (secondary N) is 2. The smallest absolute Gasteiger partial charge is 0.220 e. The number of carbonyl (C=O) groups excluding carboxylic acids is 1. The number of likely N-dealkylation sites (N-methyl/N-ethyl adjacent to an activating group) is 1. The van der Waals surface area contributed by atoms with Crippen molar-refractivity contribution in [3.8, 4) is 11.5 Å². The van der Waals surface area contributed by atoms with Gasteiger partial charge in [-0.25, -0.2) is 0 Å². The van der Waals surface area contributed by atoms with E-state index >= 15 is 0 Å². The first kappa shape index (κ1) is 29.3. The fourth-order valence-corrected chi connectivity index (χ4v) is 3.99. The lowest BCUT2D eigenvalue weighted by Crippen LogP contribution is -2.45. The third-order valence-electron chi connectivity index (χ3n) is 6.12. The molecule has 188 valence electrons. The molecule has 1 aromatic carbocycles. The summed E-state index contributed by atoms with van der Waals surface area (Å²) >= 11 is 0. The average molecular weight is 576 g/mol. The SMILES string of the molecule is CCN(CC)CCOc1ccc(CNC(=NC)N2CCC(CC(=O)NC)CC2)cc1OC.I. The Morgan fingerprint density at radius 1 is 1.21 bits per heavy atom. The maximum absolute atomic E-state index is 11.6. The first-order valence-electron chi connectivity index (χ1n) is 11.7. The second-order valence-corrected chi connectivity index (χ2v) is 8.07. The summed E-state index contributed by atoms with van der Waals surface area (Å²) in [5.74, 6) is 2.98. The molecule has 0 bridgehead atoms. The molecule has 0 spiro atoms. The number of likely N-dealkylation sites (tertiary alicyclic amines) is 1. The van der Waals surface area contributed by atoms with Gasteiger partial charge in [0.25, 0.3) is 0 Å². The number of piperidine rings is 1. The van der Waals surface area contributed by atoms with Crippen LogP contribution in [0.4, 0.5) is 0 Å². The van der Waals surface area contributed by atoms with Crippen LogP contribution in [0, 0.1) is 5.92 Å². The fraction of sp³-hybridized carbons (Fsp3) is 0.667. The molecule has 1 aliphatic heterocycles. The minimum atomic E-state index is 0. The largest absolute Gasteiger partial charge is 0.493 e. The van der Waals surface area contributed by atoms with Gasteiger partial charge in [-0.2, -0.15) is 0 Å². The van der Waals surface area contributed by atoms with E-state index in [1.54, 1.807) is 14.2 Å². The number of carbonyl (C=O) groups is 1. The van der Waals surface area contributed by atoms with Gasteiger partial charge >= 0.3 is 0 Å². The quantitative estimate of drug-likeness (QED) is 0.240. The van der Waals surface area contributed by atoms with Crippen LogP contribution in [-0.2, 0) is 11.3 Å². The van der Waals surface area contributed by atoms with Crippen LogP contribution in [0.3, 0.4) is 0 Å². The van der Waals surface area contributed by atoms with Crippen LogP contribution in [0.25, 0.3) is 0 Å². The zero-order chi connectivity index (χ0) is 23.3. The molecule has 0 aromatic heterocycles. The average Bonchev–Trinajstić information content (AvgIpc) is 2.83. The van der Waals surface area contributed by atoms with Crippen molar-refractivity contribution in [1.29, 1.82) is 0 Å². The summed E-state index contributed by atoms with van der Waals surface area (Å²) in [6.45, 7) is 10.4. The van der Waals surface area contributed by atoms with Gasteiger partial charge in [0.1, 0.15) is 6.61 Å². The summed E-state index contributed by atoms with van der Waals surface area (Å²) in [5.41, 5.74) is 1.11. The van der Waals surface area contributed by atoms with E-state index in [-0.39, 0.29) is 29.9 Å². The predicted molar refractivity (Wildman–Crippen MR) is 145 cm³/mol. The first-order valence-corrected chi connectivity index (χ1v) is 11.7. The van der Waals surface area contributed by atoms with E-state index in [1.807, 2.05) is 19.2 Å². The summed E-state index contributed by atoms with van der Waals surface area (Å²) in [4.78, 5) is 20.7. The second kappa shape index (κ2) is 16.0. The third kappa shape index (κ3) is 9.56. The highest BCUT2D eigenvalue weighted by Crippen LogP contribution is 2.28. The highest BCUT2D eigenvalue weighted by molar-refractivity contribution is 14.0. The third-order valence-corrected chi connectivity index (χ3v) is 6.12. The Bertz CT molecular complexity index is 735. The zero-order valence-electron chi connectivity index (χ0n) is 20.9. The Balaban J connectivity index is 0.00000544. The summed E-state index contributed by atoms with van der Waals surface area (Å²) in [7, 11) is 5.18. The van der Waals surface area contributed by atoms with Crippen molar-refractivity contribution < 1.29 is 14.3 Å². The molecule has 33 heavy (non-hydrogen) atoms. The molecule has 1 heterocycles. The van der Waals surface area contributed by atoms with Crippen molar-refractivity contribution >= 4 is 35.8 Å². The number of hydrogen-bond donors (Lipinski definition) is 2. The van der Waals surface area contributed by atoms with E-state index in [0.29, 0.717) is 25.5 Å². The van der Waals surface area contributed by atoms with Crippen LogP contribution in [0.1, 0.15) is 38.7 Å². The Morgan fingerprint density at radius 3 is 2.48 bits per heavy atom. The van der Waals surface area contributed by atoms with E-state index in [1.165, 1.54) is 0 Å². The van der Waals surface area contributed by atoms with E-state index in [0.717, 1.165) is 68.6 Å². The predicted octanol–water partition coefficient (Wildman–Crippen LogP) is 2.96. The normalized spacial score (nSPS) is 14.6. The highest BCUT2D eigenvalue weighted by atomic mass is 127. The Hall–Kier alpha value is -1.75. The van der Waals surface area contributed by atoms with Crippen molar-refractivity contribution in [2.24, 2.45) is 10.9 Å². The number of guanidine groups is 1. The molecule has 1 saturated heterocycles. The highest BCUT2D eigenvalue weighted by Gasteiger charge is 2.23. The number of halogens is 1. The lowest BCUT2D eigenvalue weighted by atomic mass is 9.93. The van der Waals surface area contributed by atoms with Gasteiger partial charge in [-0.05, 0) is 49.5 Å². The Labute approximate surface area is 216 Å². The molecule has 9 heteroatoms. The summed E-state index contributed by atoms with van der Waals surface area (Å²) in [6.07, 6.45) is 2.61. The van der Waals surface area contributed by atoms with E-state index in [9.17, 15) is 4.79 Å². The van der Waals surface area contributed by atoms with Gasteiger partial charge in [-0.1, -0.05) is 19.9 Å². The van der Waals surface area contributed by atoms with Gasteiger partial charge in [0.05, 0.1) is 7.11 Å². The number of methoxy groups -OCH3 is 1. The van der Waals surface area contributed by atoms with Gasteiger partial charge in [-0.3, -0.25) is 9.79 Å². The summed E-state index contributed by atoms with van der Waals surface area (Å²) in [6, 6.07) is 6.05. The molecule has 2 N–H and O–H groups in total. The Kier molecular flexibility index (Phi) is 14.2. The lowest BCUT2D eigenvalue weighted by Gasteiger charge is -2.34. The molecule has 0 radical (unpaired) electrons. The van der Waals surface area contributed by atoms with E-state index in [4.69, 9.17) is 9.47 Å². The number of ether oxygens (including phenoxy) is 2. The molecule has 0 atom stereocenters. The van der Waals surface area contributed by atoms with Crippen LogP contribution in [0.2, 0.25) is 0 Å². The molecule has 0 unspecified atom stereocenters. The minimum Gasteiger partial charge on any atom is -0.493 e. The molecule has 1 amide bonds. The van der Waals surface area contributed by atoms with Gasteiger partial charge in [-0.15, -0.1) is 24.0 Å². The van der Waals surface area contributed by atoms with Gasteiger partial charge in [0.2, 0.25) is 5.91 Å². The Morgan fingerprint density at radius 2 is 1.91 bits per heavy atom. The van der Waals surface area contributed by atoms with Crippen molar-refractivity contribution in [3.63, 3.8) is 0 Å². The second-order valence-electron chi connectivity index (χ2n) is 8.07. The standard InChI is InChI=1S/C24H41N5O3.HI/c1-6-28(7-2)14-15-32-21-9-8-20(16-22(21)31-5)18-27-24(26-4)29-12-10-19(11-13-29)17-23(30)25-3;/h8-9,16,19H,6-7,10-15,17-18H2,1-5H3,(H,25,30)(H,26,27);1H. The van der Waals surface area contributed by atoms with Gasteiger partial charge in [0.15, 0.2) is 17.5 Å². The molecule has 8 nitrogen and oxygen atoms in total. The molecule has 0 aliphatic carbocycles. The van der Waals surface area contributed by atoms with Crippen LogP contribution >= 0.6 is 24.0 Å². The van der Waals surface area contributed by atoms with E-state index in [2.05, 4.69) is 45.3 Å². The van der Waals surface area contributed by atoms with Crippen LogP contribution in [0.15, 0.2) is 23.2 Å². The van der Waals surface area contributed by atoms with Crippen molar-refractivity contribution in [1.82, 2.24) is 20.4 Å². The molecule has 1 aromatic rings. The number of rotatable bonds is 11. The number of benzene rings is 1. The maximum atomic E-state index is 11.6. The van der Waals surface area contributed by atoms with Crippen molar-refractivity contribution in [3.05, 3.63) is 23.8 Å². The number of hydrogen-bond acceptors (Lipinski definition) is 5. The summed E-state index contributed by atoms with van der Waals surface area (Å²) < 4.78 is 11.5. The number of amides is 1. The van der Waals surface area contributed by atoms with Gasteiger partial charge < -0.3 is 29.9 Å². The minimum absolute atomic E-state index is 0. The van der Waals surface area contributed by atoms with Crippen LogP contribution in [0.5, 0.6) is 11.5 Å². The molecule has 2 rings (SSSR count). The molecule has 1 aliphatic rings. The number of nitrogens with zero attached hydrogens (tertiary/aromatic N) is 3. The summed E-state index contributed by atoms with van der Waals surface area (Å²) in [5, 5.41) is 6.18. The molecular formula is C24H42IN5O3. The van der Waals surface area contributed by atoms with Gasteiger partial charge in [0, 0.05) is 46.7 Å². The zero-order valence-corrected chi connectivity index (χ0v) is 23.2. The fourth-order valence-electron chi connectivity index (χ4n) is 3.99. The van der Waals surface area contributed by atoms with Crippen molar-refractivity contribution in [2.75, 3.05) is 60.5 Å². The van der Waals surface area contributed by atoms with E-state index < -0.39 is 0 Å². The van der Waals surface area contributed by atoms with Crippen LogP contribution < -0.4 is 20.1 Å².